The number of piperidine rings is 2. The van der Waals surface area contributed by atoms with Crippen LogP contribution in [-0.2, 0) is 4.84 Å². The number of aromatic hydroxyl groups is 2. The molecule has 1 aromatic heterocycles. The highest BCUT2D eigenvalue weighted by atomic mass is 79.9. The molecular weight excluding hydrogens is 560 g/mol. The van der Waals surface area contributed by atoms with E-state index in [4.69, 9.17) is 4.84 Å². The molecular formula is C30H35BrN4O4. The Labute approximate surface area is 237 Å². The molecule has 39 heavy (non-hydrogen) atoms. The molecule has 0 spiro atoms. The van der Waals surface area contributed by atoms with Crippen LogP contribution in [0.15, 0.2) is 58.2 Å². The first-order valence-corrected chi connectivity index (χ1v) is 14.4. The third-order valence-corrected chi connectivity index (χ3v) is 8.75. The van der Waals surface area contributed by atoms with E-state index in [1.807, 2.05) is 24.0 Å². The number of aromatic nitrogens is 1. The number of pyridine rings is 1. The summed E-state index contributed by atoms with van der Waals surface area (Å²) < 4.78 is 1.04. The van der Waals surface area contributed by atoms with Gasteiger partial charge in [0.2, 0.25) is 0 Å². The van der Waals surface area contributed by atoms with Gasteiger partial charge < -0.3 is 20.0 Å². The number of amides is 1. The first-order valence-electron chi connectivity index (χ1n) is 13.6. The molecule has 8 nitrogen and oxygen atoms in total. The summed E-state index contributed by atoms with van der Waals surface area (Å²) >= 11 is 3.52. The maximum Gasteiger partial charge on any atom is 0.272 e. The van der Waals surface area contributed by atoms with Crippen LogP contribution in [0.3, 0.4) is 0 Å². The van der Waals surface area contributed by atoms with Gasteiger partial charge in [0.15, 0.2) is 0 Å². The normalized spacial score (nSPS) is 18.8. The van der Waals surface area contributed by atoms with Gasteiger partial charge in [0.05, 0.1) is 5.71 Å². The van der Waals surface area contributed by atoms with Crippen molar-refractivity contribution < 1.29 is 19.8 Å². The molecule has 2 aromatic carbocycles. The van der Waals surface area contributed by atoms with E-state index in [0.717, 1.165) is 54.5 Å². The molecule has 5 rings (SSSR count). The van der Waals surface area contributed by atoms with Crippen molar-refractivity contribution in [2.75, 3.05) is 32.8 Å². The number of nitrogens with zero attached hydrogens (tertiary/aromatic N) is 4. The lowest BCUT2D eigenvalue weighted by atomic mass is 9.82. The van der Waals surface area contributed by atoms with Gasteiger partial charge >= 0.3 is 0 Å². The van der Waals surface area contributed by atoms with Crippen LogP contribution < -0.4 is 0 Å². The Hall–Kier alpha value is -3.17. The van der Waals surface area contributed by atoms with Crippen LogP contribution in [0.4, 0.5) is 0 Å². The van der Waals surface area contributed by atoms with Gasteiger partial charge in [-0.2, -0.15) is 0 Å². The molecule has 1 amide bonds. The average molecular weight is 596 g/mol. The van der Waals surface area contributed by atoms with Gasteiger partial charge in [-0.25, -0.2) is 4.98 Å². The van der Waals surface area contributed by atoms with E-state index < -0.39 is 0 Å². The second kappa shape index (κ2) is 11.5. The minimum atomic E-state index is -0.220. The molecule has 0 aliphatic carbocycles. The minimum Gasteiger partial charge on any atom is -0.507 e. The second-order valence-electron chi connectivity index (χ2n) is 10.7. The van der Waals surface area contributed by atoms with Crippen molar-refractivity contribution in [1.82, 2.24) is 14.8 Å². The Kier molecular flexibility index (Phi) is 8.09. The number of benzene rings is 2. The number of fused-ring (bicyclic) bond motifs is 1. The number of carbonyl (C=O) groups is 1. The maximum atomic E-state index is 13.3. The topological polar surface area (TPSA) is 98.5 Å². The van der Waals surface area contributed by atoms with Crippen molar-refractivity contribution in [3.8, 4) is 11.5 Å². The summed E-state index contributed by atoms with van der Waals surface area (Å²) in [6.45, 7) is 7.97. The summed E-state index contributed by atoms with van der Waals surface area (Å²) in [5, 5.41) is 25.5. The molecule has 0 radical (unpaired) electrons. The summed E-state index contributed by atoms with van der Waals surface area (Å²) in [7, 11) is 0. The molecule has 206 valence electrons. The summed E-state index contributed by atoms with van der Waals surface area (Å²) in [6.07, 6.45) is 3.73. The Morgan fingerprint density at radius 1 is 1.08 bits per heavy atom. The fourth-order valence-electron chi connectivity index (χ4n) is 5.81. The van der Waals surface area contributed by atoms with E-state index in [0.29, 0.717) is 31.0 Å². The van der Waals surface area contributed by atoms with E-state index in [1.54, 1.807) is 12.1 Å². The molecule has 2 N–H and O–H groups in total. The number of halogens is 1. The van der Waals surface area contributed by atoms with Crippen molar-refractivity contribution in [3.63, 3.8) is 0 Å². The molecule has 9 heteroatoms. The van der Waals surface area contributed by atoms with Gasteiger partial charge in [0.25, 0.3) is 5.91 Å². The fourth-order valence-corrected chi connectivity index (χ4v) is 6.07. The van der Waals surface area contributed by atoms with Gasteiger partial charge in [-0.05, 0) is 82.4 Å². The number of para-hydroxylation sites is 1. The molecule has 3 heterocycles. The zero-order chi connectivity index (χ0) is 27.6. The van der Waals surface area contributed by atoms with Crippen molar-refractivity contribution in [2.45, 2.75) is 45.1 Å². The standard InChI is InChI=1S/C30H35BrN4O4/c1-3-39-33-27(20-7-9-22(31)10-8-20)21-11-15-35(16-12-21)30(2)13-17-34(18-14-30)29(38)24-19-26(37)23-5-4-6-25(36)28(23)32-24/h4-10,19,21,36H,3,11-18H2,1-2H3,(H,32,37)/b33-27+. The van der Waals surface area contributed by atoms with Gasteiger partial charge in [0.1, 0.15) is 29.3 Å². The predicted molar refractivity (Wildman–Crippen MR) is 155 cm³/mol. The number of hydrogen-bond acceptors (Lipinski definition) is 7. The highest BCUT2D eigenvalue weighted by molar-refractivity contribution is 9.10. The Morgan fingerprint density at radius 2 is 1.77 bits per heavy atom. The Bertz CT molecular complexity index is 1360. The van der Waals surface area contributed by atoms with Crippen LogP contribution in [-0.4, -0.2) is 74.9 Å². The van der Waals surface area contributed by atoms with Crippen LogP contribution in [0.1, 0.15) is 55.6 Å². The van der Waals surface area contributed by atoms with Crippen LogP contribution in [0.25, 0.3) is 10.9 Å². The van der Waals surface area contributed by atoms with Crippen LogP contribution in [0, 0.1) is 5.92 Å². The van der Waals surface area contributed by atoms with E-state index >= 15 is 0 Å². The summed E-state index contributed by atoms with van der Waals surface area (Å²) in [4.78, 5) is 27.5. The van der Waals surface area contributed by atoms with Gasteiger partial charge in [-0.3, -0.25) is 9.69 Å². The van der Waals surface area contributed by atoms with Crippen molar-refractivity contribution in [2.24, 2.45) is 11.1 Å². The van der Waals surface area contributed by atoms with Crippen molar-refractivity contribution >= 4 is 38.5 Å². The zero-order valence-electron chi connectivity index (χ0n) is 22.4. The lowest BCUT2D eigenvalue weighted by Crippen LogP contribution is -2.56. The minimum absolute atomic E-state index is 0.00774. The lowest BCUT2D eigenvalue weighted by Gasteiger charge is -2.49. The van der Waals surface area contributed by atoms with E-state index in [1.165, 1.54) is 12.1 Å². The molecule has 0 unspecified atom stereocenters. The first kappa shape index (κ1) is 27.4. The van der Waals surface area contributed by atoms with Crippen molar-refractivity contribution in [1.29, 1.82) is 0 Å². The smallest absolute Gasteiger partial charge is 0.272 e. The van der Waals surface area contributed by atoms with Gasteiger partial charge in [-0.1, -0.05) is 39.3 Å². The van der Waals surface area contributed by atoms with Crippen LogP contribution in [0.2, 0.25) is 0 Å². The predicted octanol–water partition coefficient (Wildman–Crippen LogP) is 5.56. The molecule has 2 aliphatic rings. The van der Waals surface area contributed by atoms with Crippen LogP contribution in [0.5, 0.6) is 11.5 Å². The number of phenols is 1. The van der Waals surface area contributed by atoms with E-state index in [9.17, 15) is 15.0 Å². The number of oxime groups is 1. The Morgan fingerprint density at radius 3 is 2.44 bits per heavy atom. The third-order valence-electron chi connectivity index (χ3n) is 8.22. The van der Waals surface area contributed by atoms with Gasteiger partial charge in [0, 0.05) is 40.5 Å². The average Bonchev–Trinajstić information content (AvgIpc) is 2.95. The summed E-state index contributed by atoms with van der Waals surface area (Å²) in [6, 6.07) is 14.5. The fraction of sp³-hybridized carbons (Fsp3) is 0.433. The molecule has 3 aromatic rings. The van der Waals surface area contributed by atoms with Crippen molar-refractivity contribution in [3.05, 3.63) is 64.3 Å². The maximum absolute atomic E-state index is 13.3. The number of likely N-dealkylation sites (tertiary alicyclic amines) is 2. The third kappa shape index (κ3) is 5.75. The monoisotopic (exact) mass is 594 g/mol. The molecule has 0 atom stereocenters. The number of hydrogen-bond donors (Lipinski definition) is 2. The SMILES string of the molecule is CCO/N=C(\c1ccc(Br)cc1)C1CCN(C2(C)CCN(C(=O)c3cc(O)c4cccc(O)c4n3)CC2)CC1. The summed E-state index contributed by atoms with van der Waals surface area (Å²) in [5.74, 6) is 0.00539. The first-order chi connectivity index (χ1) is 18.8. The number of phenolic OH excluding ortho intramolecular Hbond substituents is 1. The Balaban J connectivity index is 1.22. The van der Waals surface area contributed by atoms with Gasteiger partial charge in [-0.15, -0.1) is 0 Å². The molecule has 2 saturated heterocycles. The van der Waals surface area contributed by atoms with E-state index in [-0.39, 0.29) is 34.2 Å². The largest absolute Gasteiger partial charge is 0.507 e. The summed E-state index contributed by atoms with van der Waals surface area (Å²) in [5.41, 5.74) is 2.52. The zero-order valence-corrected chi connectivity index (χ0v) is 24.0. The quantitative estimate of drug-likeness (QED) is 0.286. The molecule has 0 bridgehead atoms. The lowest BCUT2D eigenvalue weighted by molar-refractivity contribution is 0.0159. The highest BCUT2D eigenvalue weighted by Crippen LogP contribution is 2.35. The molecule has 2 aliphatic heterocycles. The number of rotatable bonds is 6. The number of carbonyl (C=O) groups excluding carboxylic acids is 1. The molecule has 2 fully saturated rings. The molecule has 0 saturated carbocycles. The highest BCUT2D eigenvalue weighted by Gasteiger charge is 2.39. The van der Waals surface area contributed by atoms with Crippen LogP contribution >= 0.6 is 15.9 Å². The van der Waals surface area contributed by atoms with E-state index in [2.05, 4.69) is 50.0 Å². The second-order valence-corrected chi connectivity index (χ2v) is 11.6.